The average molecular weight is 466 g/mol. The summed E-state index contributed by atoms with van der Waals surface area (Å²) in [7, 11) is 1.70. The Hall–Kier alpha value is -2.76. The Labute approximate surface area is 203 Å². The predicted molar refractivity (Wildman–Crippen MR) is 134 cm³/mol. The molecule has 184 valence electrons. The molecule has 1 unspecified atom stereocenters. The maximum Gasteiger partial charge on any atom is 0.228 e. The van der Waals surface area contributed by atoms with Crippen LogP contribution in [0.1, 0.15) is 70.1 Å². The summed E-state index contributed by atoms with van der Waals surface area (Å²) in [5.41, 5.74) is 3.50. The van der Waals surface area contributed by atoms with E-state index in [1.165, 1.54) is 24.0 Å². The van der Waals surface area contributed by atoms with Gasteiger partial charge in [-0.05, 0) is 75.0 Å². The Balaban J connectivity index is 1.45. The number of carbonyl (C=O) groups excluding carboxylic acids is 1. The van der Waals surface area contributed by atoms with Crippen molar-refractivity contribution in [2.45, 2.75) is 83.8 Å². The molecule has 0 saturated heterocycles. The number of amides is 1. The molecular weight excluding hydrogens is 426 g/mol. The molecule has 0 radical (unpaired) electrons. The van der Waals surface area contributed by atoms with Gasteiger partial charge in [0, 0.05) is 24.5 Å². The lowest BCUT2D eigenvalue weighted by molar-refractivity contribution is -0.133. The number of hydrogen-bond donors (Lipinski definition) is 1. The number of carbonyl (C=O) groups is 1. The van der Waals surface area contributed by atoms with Crippen LogP contribution in [-0.4, -0.2) is 46.6 Å². The molecule has 1 fully saturated rings. The standard InChI is InChI=1S/C28H39N3O3/c1-20(2)14-24-10-8-21(12-13-31(24)28(32)17-23-18-29-19-30-23)15-22-9-11-26(33-3)27(16-22)34-25-6-4-5-7-25/h8-9,11,16,18-20,24-25H,4-7,10,12-15,17H2,1-3H3,(H,29,30). The van der Waals surface area contributed by atoms with Crippen LogP contribution >= 0.6 is 0 Å². The van der Waals surface area contributed by atoms with Crippen molar-refractivity contribution in [1.82, 2.24) is 14.9 Å². The predicted octanol–water partition coefficient (Wildman–Crippen LogP) is 5.49. The molecule has 6 nitrogen and oxygen atoms in total. The van der Waals surface area contributed by atoms with E-state index >= 15 is 0 Å². The van der Waals surface area contributed by atoms with Crippen molar-refractivity contribution in [1.29, 1.82) is 0 Å². The largest absolute Gasteiger partial charge is 0.493 e. The van der Waals surface area contributed by atoms with Gasteiger partial charge in [0.1, 0.15) is 0 Å². The maximum absolute atomic E-state index is 13.2. The van der Waals surface area contributed by atoms with Gasteiger partial charge >= 0.3 is 0 Å². The topological polar surface area (TPSA) is 67.5 Å². The number of benzene rings is 1. The Bertz CT molecular complexity index is 961. The van der Waals surface area contributed by atoms with Crippen molar-refractivity contribution < 1.29 is 14.3 Å². The molecule has 1 amide bonds. The van der Waals surface area contributed by atoms with Crippen LogP contribution < -0.4 is 9.47 Å². The molecule has 34 heavy (non-hydrogen) atoms. The van der Waals surface area contributed by atoms with Crippen molar-refractivity contribution in [3.63, 3.8) is 0 Å². The molecule has 1 aromatic carbocycles. The number of aromatic amines is 1. The van der Waals surface area contributed by atoms with Crippen LogP contribution in [0.25, 0.3) is 0 Å². The second kappa shape index (κ2) is 11.6. The summed E-state index contributed by atoms with van der Waals surface area (Å²) >= 11 is 0. The first kappa shape index (κ1) is 24.4. The maximum atomic E-state index is 13.2. The monoisotopic (exact) mass is 465 g/mol. The number of nitrogens with one attached hydrogen (secondary N) is 1. The molecule has 2 aromatic rings. The van der Waals surface area contributed by atoms with Gasteiger partial charge in [0.25, 0.3) is 0 Å². The molecule has 2 aliphatic rings. The highest BCUT2D eigenvalue weighted by Gasteiger charge is 2.27. The van der Waals surface area contributed by atoms with E-state index < -0.39 is 0 Å². The third kappa shape index (κ3) is 6.43. The molecule has 1 aromatic heterocycles. The molecule has 4 rings (SSSR count). The molecule has 6 heteroatoms. The van der Waals surface area contributed by atoms with Crippen molar-refractivity contribution in [2.75, 3.05) is 13.7 Å². The van der Waals surface area contributed by atoms with E-state index in [1.54, 1.807) is 19.6 Å². The van der Waals surface area contributed by atoms with Gasteiger partial charge in [-0.2, -0.15) is 0 Å². The van der Waals surface area contributed by atoms with Crippen molar-refractivity contribution in [3.05, 3.63) is 53.6 Å². The first-order chi connectivity index (χ1) is 16.5. The number of hydrogen-bond acceptors (Lipinski definition) is 4. The van der Waals surface area contributed by atoms with Gasteiger partial charge in [0.2, 0.25) is 5.91 Å². The number of rotatable bonds is 9. The number of imidazole rings is 1. The fourth-order valence-corrected chi connectivity index (χ4v) is 5.25. The summed E-state index contributed by atoms with van der Waals surface area (Å²) in [6.07, 6.45) is 14.9. The zero-order chi connectivity index (χ0) is 23.9. The lowest BCUT2D eigenvalue weighted by atomic mass is 9.98. The van der Waals surface area contributed by atoms with Crippen LogP contribution in [0, 0.1) is 5.92 Å². The Morgan fingerprint density at radius 1 is 1.24 bits per heavy atom. The van der Waals surface area contributed by atoms with Gasteiger partial charge in [0.05, 0.1) is 26.0 Å². The van der Waals surface area contributed by atoms with Gasteiger partial charge in [-0.1, -0.05) is 31.6 Å². The Morgan fingerprint density at radius 2 is 2.06 bits per heavy atom. The summed E-state index contributed by atoms with van der Waals surface area (Å²) < 4.78 is 11.9. The first-order valence-corrected chi connectivity index (χ1v) is 12.8. The molecular formula is C28H39N3O3. The van der Waals surface area contributed by atoms with Crippen LogP contribution in [-0.2, 0) is 17.6 Å². The van der Waals surface area contributed by atoms with Gasteiger partial charge in [-0.15, -0.1) is 0 Å². The third-order valence-electron chi connectivity index (χ3n) is 7.01. The minimum atomic E-state index is 0.182. The lowest BCUT2D eigenvalue weighted by Gasteiger charge is -2.31. The van der Waals surface area contributed by atoms with E-state index in [0.717, 1.165) is 62.3 Å². The van der Waals surface area contributed by atoms with E-state index in [9.17, 15) is 4.79 Å². The van der Waals surface area contributed by atoms with E-state index in [-0.39, 0.29) is 11.9 Å². The average Bonchev–Trinajstić information content (AvgIpc) is 3.48. The number of ether oxygens (including phenoxy) is 2. The minimum Gasteiger partial charge on any atom is -0.493 e. The summed E-state index contributed by atoms with van der Waals surface area (Å²) in [5.74, 6) is 2.38. The van der Waals surface area contributed by atoms with Gasteiger partial charge in [0.15, 0.2) is 11.5 Å². The SMILES string of the molecule is COc1ccc(CC2=CCC(CC(C)C)N(C(=O)Cc3cnc[nH]3)CC2)cc1OC1CCCC1. The molecule has 1 aliphatic heterocycles. The molecule has 1 saturated carbocycles. The number of nitrogens with zero attached hydrogens (tertiary/aromatic N) is 2. The van der Waals surface area contributed by atoms with E-state index in [4.69, 9.17) is 9.47 Å². The van der Waals surface area contributed by atoms with E-state index in [1.807, 2.05) is 6.07 Å². The normalized spacial score (nSPS) is 19.2. The smallest absolute Gasteiger partial charge is 0.228 e. The third-order valence-corrected chi connectivity index (χ3v) is 7.01. The number of aromatic nitrogens is 2. The van der Waals surface area contributed by atoms with Crippen LogP contribution in [0.2, 0.25) is 0 Å². The summed E-state index contributed by atoms with van der Waals surface area (Å²) in [4.78, 5) is 22.4. The number of methoxy groups -OCH3 is 1. The summed E-state index contributed by atoms with van der Waals surface area (Å²) in [5, 5.41) is 0. The fourth-order valence-electron chi connectivity index (χ4n) is 5.25. The van der Waals surface area contributed by atoms with Crippen molar-refractivity contribution in [3.8, 4) is 11.5 Å². The minimum absolute atomic E-state index is 0.182. The van der Waals surface area contributed by atoms with Crippen LogP contribution in [0.15, 0.2) is 42.4 Å². The van der Waals surface area contributed by atoms with Gasteiger partial charge in [-0.25, -0.2) is 4.98 Å². The quantitative estimate of drug-likeness (QED) is 0.498. The van der Waals surface area contributed by atoms with Gasteiger partial charge < -0.3 is 19.4 Å². The van der Waals surface area contributed by atoms with E-state index in [0.29, 0.717) is 18.4 Å². The molecule has 1 N–H and O–H groups in total. The van der Waals surface area contributed by atoms with E-state index in [2.05, 4.69) is 46.9 Å². The van der Waals surface area contributed by atoms with Crippen molar-refractivity contribution >= 4 is 5.91 Å². The summed E-state index contributed by atoms with van der Waals surface area (Å²) in [6.45, 7) is 5.23. The lowest BCUT2D eigenvalue weighted by Crippen LogP contribution is -2.41. The Kier molecular flexibility index (Phi) is 8.30. The van der Waals surface area contributed by atoms with Crippen LogP contribution in [0.3, 0.4) is 0 Å². The zero-order valence-electron chi connectivity index (χ0n) is 20.9. The van der Waals surface area contributed by atoms with Crippen molar-refractivity contribution in [2.24, 2.45) is 5.92 Å². The summed E-state index contributed by atoms with van der Waals surface area (Å²) in [6, 6.07) is 6.55. The second-order valence-electron chi connectivity index (χ2n) is 10.2. The number of H-pyrrole nitrogens is 1. The second-order valence-corrected chi connectivity index (χ2v) is 10.2. The molecule has 0 bridgehead atoms. The molecule has 1 aliphatic carbocycles. The Morgan fingerprint density at radius 3 is 2.76 bits per heavy atom. The highest BCUT2D eigenvalue weighted by atomic mass is 16.5. The molecule has 0 spiro atoms. The van der Waals surface area contributed by atoms with Crippen LogP contribution in [0.4, 0.5) is 0 Å². The first-order valence-electron chi connectivity index (χ1n) is 12.8. The zero-order valence-corrected chi connectivity index (χ0v) is 20.9. The molecule has 2 heterocycles. The highest BCUT2D eigenvalue weighted by Crippen LogP contribution is 2.33. The fraction of sp³-hybridized carbons (Fsp3) is 0.571. The van der Waals surface area contributed by atoms with Gasteiger partial charge in [-0.3, -0.25) is 4.79 Å². The van der Waals surface area contributed by atoms with Crippen LogP contribution in [0.5, 0.6) is 11.5 Å². The molecule has 1 atom stereocenters. The highest BCUT2D eigenvalue weighted by molar-refractivity contribution is 5.78.